The molecule has 0 unspecified atom stereocenters. The van der Waals surface area contributed by atoms with Crippen LogP contribution >= 0.6 is 0 Å². The van der Waals surface area contributed by atoms with E-state index in [1.807, 2.05) is 0 Å². The highest BCUT2D eigenvalue weighted by atomic mass is 19.1. The average Bonchev–Trinajstić information content (AvgIpc) is 2.55. The fourth-order valence-corrected chi connectivity index (χ4v) is 3.03. The standard InChI is InChI=1S/C18H27FN2O2/c1-14-5-6-16(12-17(14)19)20-18(22)7-10-21-9-3-4-15(13-21)8-11-23-2/h5-6,12,15H,3-4,7-11,13H2,1-2H3,(H,20,22)/t15-/m1/s1. The van der Waals surface area contributed by atoms with Gasteiger partial charge >= 0.3 is 0 Å². The van der Waals surface area contributed by atoms with Gasteiger partial charge in [-0.1, -0.05) is 6.07 Å². The summed E-state index contributed by atoms with van der Waals surface area (Å²) in [5.41, 5.74) is 1.10. The molecule has 1 N–H and O–H groups in total. The maximum Gasteiger partial charge on any atom is 0.225 e. The number of hydrogen-bond donors (Lipinski definition) is 1. The van der Waals surface area contributed by atoms with Crippen LogP contribution in [0.4, 0.5) is 10.1 Å². The summed E-state index contributed by atoms with van der Waals surface area (Å²) in [4.78, 5) is 14.4. The minimum Gasteiger partial charge on any atom is -0.385 e. The van der Waals surface area contributed by atoms with Gasteiger partial charge in [-0.15, -0.1) is 0 Å². The van der Waals surface area contributed by atoms with Gasteiger partial charge in [0.2, 0.25) is 5.91 Å². The summed E-state index contributed by atoms with van der Waals surface area (Å²) in [7, 11) is 1.73. The van der Waals surface area contributed by atoms with Crippen LogP contribution in [0.15, 0.2) is 18.2 Å². The lowest BCUT2D eigenvalue weighted by molar-refractivity contribution is -0.116. The van der Waals surface area contributed by atoms with Gasteiger partial charge in [-0.2, -0.15) is 0 Å². The second-order valence-corrected chi connectivity index (χ2v) is 6.35. The molecule has 4 nitrogen and oxygen atoms in total. The molecule has 1 fully saturated rings. The number of methoxy groups -OCH3 is 1. The number of aryl methyl sites for hydroxylation is 1. The van der Waals surface area contributed by atoms with Gasteiger partial charge in [0, 0.05) is 38.9 Å². The van der Waals surface area contributed by atoms with Crippen molar-refractivity contribution >= 4 is 11.6 Å². The van der Waals surface area contributed by atoms with Gasteiger partial charge in [0.15, 0.2) is 0 Å². The van der Waals surface area contributed by atoms with Crippen LogP contribution < -0.4 is 5.32 Å². The van der Waals surface area contributed by atoms with Crippen molar-refractivity contribution in [2.45, 2.75) is 32.6 Å². The van der Waals surface area contributed by atoms with Crippen LogP contribution in [0.25, 0.3) is 0 Å². The smallest absolute Gasteiger partial charge is 0.225 e. The Morgan fingerprint density at radius 1 is 1.48 bits per heavy atom. The zero-order valence-electron chi connectivity index (χ0n) is 14.1. The van der Waals surface area contributed by atoms with Crippen LogP contribution in [0.3, 0.4) is 0 Å². The Labute approximate surface area is 138 Å². The van der Waals surface area contributed by atoms with Crippen molar-refractivity contribution < 1.29 is 13.9 Å². The Balaban J connectivity index is 1.74. The number of carbonyl (C=O) groups excluding carboxylic acids is 1. The maximum absolute atomic E-state index is 13.5. The van der Waals surface area contributed by atoms with Gasteiger partial charge in [-0.3, -0.25) is 4.79 Å². The highest BCUT2D eigenvalue weighted by Crippen LogP contribution is 2.20. The van der Waals surface area contributed by atoms with E-state index in [2.05, 4.69) is 10.2 Å². The maximum atomic E-state index is 13.5. The van der Waals surface area contributed by atoms with Crippen molar-refractivity contribution in [2.24, 2.45) is 5.92 Å². The van der Waals surface area contributed by atoms with Gasteiger partial charge in [0.05, 0.1) is 0 Å². The topological polar surface area (TPSA) is 41.6 Å². The average molecular weight is 322 g/mol. The van der Waals surface area contributed by atoms with E-state index >= 15 is 0 Å². The summed E-state index contributed by atoms with van der Waals surface area (Å²) >= 11 is 0. The van der Waals surface area contributed by atoms with E-state index < -0.39 is 0 Å². The molecule has 1 aliphatic rings. The molecule has 0 aliphatic carbocycles. The largest absolute Gasteiger partial charge is 0.385 e. The van der Waals surface area contributed by atoms with Gasteiger partial charge in [-0.05, 0) is 56.3 Å². The molecular formula is C18H27FN2O2. The molecule has 1 aliphatic heterocycles. The van der Waals surface area contributed by atoms with Crippen LogP contribution in [-0.2, 0) is 9.53 Å². The first-order valence-corrected chi connectivity index (χ1v) is 8.36. The molecule has 128 valence electrons. The summed E-state index contributed by atoms with van der Waals surface area (Å²) in [6.45, 7) is 5.35. The summed E-state index contributed by atoms with van der Waals surface area (Å²) < 4.78 is 18.6. The molecule has 0 aromatic heterocycles. The molecule has 2 rings (SSSR count). The molecule has 0 bridgehead atoms. The summed E-state index contributed by atoms with van der Waals surface area (Å²) in [5.74, 6) is 0.310. The predicted molar refractivity (Wildman–Crippen MR) is 90.0 cm³/mol. The van der Waals surface area contributed by atoms with Gasteiger partial charge in [-0.25, -0.2) is 4.39 Å². The molecular weight excluding hydrogens is 295 g/mol. The number of halogens is 1. The molecule has 1 amide bonds. The highest BCUT2D eigenvalue weighted by Gasteiger charge is 2.20. The number of hydrogen-bond acceptors (Lipinski definition) is 3. The number of nitrogens with one attached hydrogen (secondary N) is 1. The molecule has 1 saturated heterocycles. The van der Waals surface area contributed by atoms with E-state index in [9.17, 15) is 9.18 Å². The number of carbonyl (C=O) groups is 1. The van der Waals surface area contributed by atoms with Gasteiger partial charge in [0.1, 0.15) is 5.82 Å². The summed E-state index contributed by atoms with van der Waals surface area (Å²) in [6, 6.07) is 4.78. The number of benzene rings is 1. The SMILES string of the molecule is COCC[C@H]1CCCN(CCC(=O)Nc2ccc(C)c(F)c2)C1. The highest BCUT2D eigenvalue weighted by molar-refractivity contribution is 5.90. The van der Waals surface area contributed by atoms with E-state index in [0.717, 1.165) is 32.7 Å². The second-order valence-electron chi connectivity index (χ2n) is 6.35. The summed E-state index contributed by atoms with van der Waals surface area (Å²) in [5, 5.41) is 2.77. The Hall–Kier alpha value is -1.46. The second kappa shape index (κ2) is 8.99. The molecule has 1 aromatic rings. The zero-order chi connectivity index (χ0) is 16.7. The van der Waals surface area contributed by atoms with Crippen LogP contribution in [0.1, 0.15) is 31.2 Å². The molecule has 0 saturated carbocycles. The van der Waals surface area contributed by atoms with Crippen LogP contribution in [0.2, 0.25) is 0 Å². The molecule has 1 aromatic carbocycles. The van der Waals surface area contributed by atoms with E-state index in [4.69, 9.17) is 4.74 Å². The number of nitrogens with zero attached hydrogens (tertiary/aromatic N) is 1. The van der Waals surface area contributed by atoms with Crippen LogP contribution in [-0.4, -0.2) is 44.2 Å². The lowest BCUT2D eigenvalue weighted by Gasteiger charge is -2.32. The monoisotopic (exact) mass is 322 g/mol. The zero-order valence-corrected chi connectivity index (χ0v) is 14.1. The van der Waals surface area contributed by atoms with Crippen molar-refractivity contribution in [1.82, 2.24) is 4.90 Å². The van der Waals surface area contributed by atoms with Crippen molar-refractivity contribution in [1.29, 1.82) is 0 Å². The van der Waals surface area contributed by atoms with Crippen molar-refractivity contribution in [2.75, 3.05) is 38.7 Å². The van der Waals surface area contributed by atoms with E-state index in [-0.39, 0.29) is 11.7 Å². The molecule has 1 heterocycles. The van der Waals surface area contributed by atoms with Gasteiger partial charge in [0.25, 0.3) is 0 Å². The number of ether oxygens (including phenoxy) is 1. The van der Waals surface area contributed by atoms with E-state index in [0.29, 0.717) is 23.6 Å². The molecule has 23 heavy (non-hydrogen) atoms. The minimum atomic E-state index is -0.292. The quantitative estimate of drug-likeness (QED) is 0.838. The number of amides is 1. The third-order valence-corrected chi connectivity index (χ3v) is 4.44. The Bertz CT molecular complexity index is 522. The Kier molecular flexibility index (Phi) is 6.99. The first-order valence-electron chi connectivity index (χ1n) is 8.36. The number of anilines is 1. The molecule has 5 heteroatoms. The number of rotatable bonds is 7. The number of likely N-dealkylation sites (tertiary alicyclic amines) is 1. The fraction of sp³-hybridized carbons (Fsp3) is 0.611. The van der Waals surface area contributed by atoms with Crippen LogP contribution in [0.5, 0.6) is 0 Å². The Morgan fingerprint density at radius 2 is 2.30 bits per heavy atom. The lowest BCUT2D eigenvalue weighted by atomic mass is 9.95. The van der Waals surface area contributed by atoms with Crippen molar-refractivity contribution in [3.05, 3.63) is 29.6 Å². The molecule has 0 radical (unpaired) electrons. The lowest BCUT2D eigenvalue weighted by Crippen LogP contribution is -2.37. The molecule has 1 atom stereocenters. The predicted octanol–water partition coefficient (Wildman–Crippen LogP) is 3.21. The van der Waals surface area contributed by atoms with Crippen molar-refractivity contribution in [3.63, 3.8) is 0 Å². The Morgan fingerprint density at radius 3 is 3.04 bits per heavy atom. The number of piperidine rings is 1. The van der Waals surface area contributed by atoms with Crippen LogP contribution in [0, 0.1) is 18.7 Å². The van der Waals surface area contributed by atoms with E-state index in [1.165, 1.54) is 18.9 Å². The minimum absolute atomic E-state index is 0.0627. The third kappa shape index (κ3) is 5.92. The first-order chi connectivity index (χ1) is 11.1. The van der Waals surface area contributed by atoms with Crippen molar-refractivity contribution in [3.8, 4) is 0 Å². The van der Waals surface area contributed by atoms with Gasteiger partial charge < -0.3 is 15.0 Å². The normalized spacial score (nSPS) is 18.8. The molecule has 0 spiro atoms. The fourth-order valence-electron chi connectivity index (χ4n) is 3.03. The third-order valence-electron chi connectivity index (χ3n) is 4.44. The first kappa shape index (κ1) is 17.9. The summed E-state index contributed by atoms with van der Waals surface area (Å²) in [6.07, 6.45) is 3.95. The van der Waals surface area contributed by atoms with E-state index in [1.54, 1.807) is 26.2 Å².